The summed E-state index contributed by atoms with van der Waals surface area (Å²) in [5.41, 5.74) is 3.60. The van der Waals surface area contributed by atoms with Crippen molar-refractivity contribution in [3.8, 4) is 0 Å². The number of hydrogen-bond donors (Lipinski definition) is 0. The lowest BCUT2D eigenvalue weighted by Gasteiger charge is -2.40. The Morgan fingerprint density at radius 3 is 2.48 bits per heavy atom. The molecule has 1 atom stereocenters. The summed E-state index contributed by atoms with van der Waals surface area (Å²) in [5, 5.41) is 0. The first-order chi connectivity index (χ1) is 13.2. The molecule has 2 aliphatic heterocycles. The maximum atomic E-state index is 13.0. The number of aryl methyl sites for hydroxylation is 1. The van der Waals surface area contributed by atoms with Crippen molar-refractivity contribution in [1.82, 2.24) is 9.80 Å². The quantitative estimate of drug-likeness (QED) is 0.628. The molecule has 2 aromatic rings. The molecule has 1 saturated heterocycles. The molecule has 0 spiro atoms. The minimum Gasteiger partial charge on any atom is -0.300 e. The van der Waals surface area contributed by atoms with E-state index in [0.717, 1.165) is 45.6 Å². The second-order valence-electron chi connectivity index (χ2n) is 7.77. The van der Waals surface area contributed by atoms with Gasteiger partial charge in [-0.25, -0.2) is 4.39 Å². The van der Waals surface area contributed by atoms with Gasteiger partial charge in [-0.1, -0.05) is 24.3 Å². The van der Waals surface area contributed by atoms with Crippen LogP contribution in [0, 0.1) is 5.82 Å². The number of Topliss-reactive ketones (excluding diaryl/α,β-unsaturated/α-hetero) is 1. The normalized spacial score (nSPS) is 19.1. The third kappa shape index (κ3) is 6.02. The molecule has 2 heterocycles. The Labute approximate surface area is 185 Å². The van der Waals surface area contributed by atoms with Crippen LogP contribution in [0.1, 0.15) is 40.7 Å². The monoisotopic (exact) mass is 438 g/mol. The minimum absolute atomic E-state index is 0. The number of nitrogens with zero attached hydrogens (tertiary/aromatic N) is 2. The number of carbonyl (C=O) groups is 1. The first kappa shape index (κ1) is 23.8. The lowest BCUT2D eigenvalue weighted by atomic mass is 10.0. The molecule has 0 radical (unpaired) electrons. The fourth-order valence-electron chi connectivity index (χ4n) is 4.38. The van der Waals surface area contributed by atoms with Gasteiger partial charge < -0.3 is 4.90 Å². The summed E-state index contributed by atoms with van der Waals surface area (Å²) in [6.45, 7) is 5.30. The van der Waals surface area contributed by atoms with Crippen LogP contribution in [-0.4, -0.2) is 47.8 Å². The predicted molar refractivity (Wildman–Crippen MR) is 120 cm³/mol. The Morgan fingerprint density at radius 1 is 1.00 bits per heavy atom. The van der Waals surface area contributed by atoms with Gasteiger partial charge >= 0.3 is 0 Å². The molecule has 2 aliphatic rings. The zero-order chi connectivity index (χ0) is 18.6. The molecule has 0 N–H and O–H groups in total. The van der Waals surface area contributed by atoms with Crippen molar-refractivity contribution >= 4 is 30.6 Å². The maximum absolute atomic E-state index is 13.0. The topological polar surface area (TPSA) is 23.6 Å². The molecule has 0 amide bonds. The summed E-state index contributed by atoms with van der Waals surface area (Å²) < 4.78 is 13.0. The van der Waals surface area contributed by atoms with Crippen LogP contribution in [-0.2, 0) is 13.0 Å². The van der Waals surface area contributed by atoms with E-state index >= 15 is 0 Å². The van der Waals surface area contributed by atoms with Gasteiger partial charge in [-0.15, -0.1) is 24.8 Å². The van der Waals surface area contributed by atoms with Crippen LogP contribution in [0.15, 0.2) is 48.5 Å². The zero-order valence-electron chi connectivity index (χ0n) is 16.6. The molecule has 158 valence electrons. The molecule has 2 aromatic carbocycles. The van der Waals surface area contributed by atoms with Crippen LogP contribution < -0.4 is 0 Å². The minimum atomic E-state index is -0.296. The van der Waals surface area contributed by atoms with E-state index < -0.39 is 0 Å². The van der Waals surface area contributed by atoms with Crippen molar-refractivity contribution in [2.75, 3.05) is 26.2 Å². The van der Waals surface area contributed by atoms with E-state index in [9.17, 15) is 9.18 Å². The van der Waals surface area contributed by atoms with Crippen molar-refractivity contribution in [2.45, 2.75) is 38.3 Å². The Hall–Kier alpha value is -1.46. The number of piperazine rings is 1. The number of fused-ring (bicyclic) bond motifs is 2. The molecule has 1 fully saturated rings. The molecule has 0 bridgehead atoms. The summed E-state index contributed by atoms with van der Waals surface area (Å²) in [4.78, 5) is 17.4. The van der Waals surface area contributed by atoms with E-state index in [1.165, 1.54) is 29.7 Å². The average molecular weight is 439 g/mol. The van der Waals surface area contributed by atoms with E-state index in [1.54, 1.807) is 12.1 Å². The summed E-state index contributed by atoms with van der Waals surface area (Å²) in [6.07, 6.45) is 3.77. The molecule has 6 heteroatoms. The highest BCUT2D eigenvalue weighted by Crippen LogP contribution is 2.25. The van der Waals surface area contributed by atoms with E-state index in [2.05, 4.69) is 34.1 Å². The summed E-state index contributed by atoms with van der Waals surface area (Å²) >= 11 is 0. The highest BCUT2D eigenvalue weighted by molar-refractivity contribution is 5.95. The van der Waals surface area contributed by atoms with Crippen LogP contribution in [0.2, 0.25) is 0 Å². The first-order valence-electron chi connectivity index (χ1n) is 10.0. The second-order valence-corrected chi connectivity index (χ2v) is 7.77. The first-order valence-corrected chi connectivity index (χ1v) is 10.0. The van der Waals surface area contributed by atoms with E-state index in [-0.39, 0.29) is 36.4 Å². The van der Waals surface area contributed by atoms with Crippen molar-refractivity contribution in [2.24, 2.45) is 0 Å². The van der Waals surface area contributed by atoms with E-state index in [4.69, 9.17) is 0 Å². The van der Waals surface area contributed by atoms with E-state index in [1.807, 2.05) is 0 Å². The molecular weight excluding hydrogens is 410 g/mol. The number of benzene rings is 2. The summed E-state index contributed by atoms with van der Waals surface area (Å²) in [6, 6.07) is 15.3. The number of ketones is 1. The Kier molecular flexibility index (Phi) is 9.09. The van der Waals surface area contributed by atoms with Crippen LogP contribution in [0.4, 0.5) is 4.39 Å². The fraction of sp³-hybridized carbons (Fsp3) is 0.435. The SMILES string of the molecule is Cl.Cl.O=C(CCCN1CCN2Cc3ccccc3CCC2C1)c1ccc(F)cc1. The second kappa shape index (κ2) is 11.1. The van der Waals surface area contributed by atoms with E-state index in [0.29, 0.717) is 18.0 Å². The molecule has 0 saturated carbocycles. The van der Waals surface area contributed by atoms with Gasteiger partial charge in [0.2, 0.25) is 0 Å². The van der Waals surface area contributed by atoms with Gasteiger partial charge in [-0.3, -0.25) is 9.69 Å². The van der Waals surface area contributed by atoms with Gasteiger partial charge in [0.15, 0.2) is 5.78 Å². The van der Waals surface area contributed by atoms with Gasteiger partial charge in [0.1, 0.15) is 5.82 Å². The highest BCUT2D eigenvalue weighted by Gasteiger charge is 2.29. The molecule has 0 aliphatic carbocycles. The Bertz CT molecular complexity index is 800. The Balaban J connectivity index is 0.00000150. The van der Waals surface area contributed by atoms with Gasteiger partial charge in [-0.2, -0.15) is 0 Å². The van der Waals surface area contributed by atoms with Gasteiger partial charge in [0.25, 0.3) is 0 Å². The van der Waals surface area contributed by atoms with Crippen molar-refractivity contribution < 1.29 is 9.18 Å². The van der Waals surface area contributed by atoms with Crippen LogP contribution in [0.25, 0.3) is 0 Å². The van der Waals surface area contributed by atoms with Crippen molar-refractivity contribution in [3.05, 3.63) is 71.0 Å². The molecule has 1 unspecified atom stereocenters. The lowest BCUT2D eigenvalue weighted by Crippen LogP contribution is -2.52. The number of rotatable bonds is 5. The average Bonchev–Trinajstić information content (AvgIpc) is 2.87. The predicted octanol–water partition coefficient (Wildman–Crippen LogP) is 4.76. The standard InChI is InChI=1S/C23H27FN2O.2ClH/c24-21-10-7-19(8-11-21)23(27)6-3-13-25-14-15-26-16-20-5-2-1-4-18(20)9-12-22(26)17-25;;/h1-2,4-5,7-8,10-11,22H,3,6,9,12-17H2;2*1H. The molecule has 3 nitrogen and oxygen atoms in total. The lowest BCUT2D eigenvalue weighted by molar-refractivity contribution is 0.0658. The highest BCUT2D eigenvalue weighted by atomic mass is 35.5. The smallest absolute Gasteiger partial charge is 0.162 e. The molecule has 4 rings (SSSR count). The Morgan fingerprint density at radius 2 is 1.72 bits per heavy atom. The molecule has 0 aromatic heterocycles. The van der Waals surface area contributed by atoms with Crippen molar-refractivity contribution in [3.63, 3.8) is 0 Å². The van der Waals surface area contributed by atoms with Crippen LogP contribution >= 0.6 is 24.8 Å². The van der Waals surface area contributed by atoms with Crippen LogP contribution in [0.3, 0.4) is 0 Å². The summed E-state index contributed by atoms with van der Waals surface area (Å²) in [7, 11) is 0. The van der Waals surface area contributed by atoms with Crippen molar-refractivity contribution in [1.29, 1.82) is 0 Å². The summed E-state index contributed by atoms with van der Waals surface area (Å²) in [5.74, 6) is -0.187. The third-order valence-corrected chi connectivity index (χ3v) is 5.97. The zero-order valence-corrected chi connectivity index (χ0v) is 18.2. The third-order valence-electron chi connectivity index (χ3n) is 5.97. The molecule has 29 heavy (non-hydrogen) atoms. The van der Waals surface area contributed by atoms with Gasteiger partial charge in [0.05, 0.1) is 0 Å². The largest absolute Gasteiger partial charge is 0.300 e. The molecular formula is C23H29Cl2FN2O. The van der Waals surface area contributed by atoms with Gasteiger partial charge in [0, 0.05) is 44.2 Å². The maximum Gasteiger partial charge on any atom is 0.162 e. The number of hydrogen-bond acceptors (Lipinski definition) is 3. The number of halogens is 3. The number of carbonyl (C=O) groups excluding carboxylic acids is 1. The van der Waals surface area contributed by atoms with Gasteiger partial charge in [-0.05, 0) is 61.2 Å². The van der Waals surface area contributed by atoms with Crippen LogP contribution in [0.5, 0.6) is 0 Å². The fourth-order valence-corrected chi connectivity index (χ4v) is 4.38.